The fraction of sp³-hybridized carbons (Fsp3) is 0.333. The molecule has 0 radical (unpaired) electrons. The largest absolute Gasteiger partial charge is 0.444 e. The Bertz CT molecular complexity index is 1020. The maximum atomic E-state index is 13.0. The first-order chi connectivity index (χ1) is 14.1. The number of ether oxygens (including phenoxy) is 1. The van der Waals surface area contributed by atoms with Crippen molar-refractivity contribution < 1.29 is 23.9 Å². The van der Waals surface area contributed by atoms with Crippen LogP contribution in [0.25, 0.3) is 10.8 Å². The molecule has 3 rings (SSSR count). The summed E-state index contributed by atoms with van der Waals surface area (Å²) in [6, 6.07) is 8.21. The molecule has 1 aliphatic heterocycles. The van der Waals surface area contributed by atoms with Gasteiger partial charge in [-0.2, -0.15) is 0 Å². The van der Waals surface area contributed by atoms with Crippen molar-refractivity contribution in [3.05, 3.63) is 41.5 Å². The number of alkyl halides is 1. The lowest BCUT2D eigenvalue weighted by molar-refractivity contribution is -0.113. The van der Waals surface area contributed by atoms with E-state index in [9.17, 15) is 19.2 Å². The monoisotopic (exact) mass is 431 g/mol. The van der Waals surface area contributed by atoms with Crippen molar-refractivity contribution in [2.24, 2.45) is 0 Å². The molecule has 0 unspecified atom stereocenters. The SMILES string of the molecule is CC(C)(C)OC(=O)NCCN1C(=O)c2cccc3c(NC(=O)CCl)ccc(c23)C1=O. The van der Waals surface area contributed by atoms with Crippen LogP contribution in [0, 0.1) is 0 Å². The van der Waals surface area contributed by atoms with Gasteiger partial charge in [-0.15, -0.1) is 11.6 Å². The van der Waals surface area contributed by atoms with Gasteiger partial charge in [0.25, 0.3) is 11.8 Å². The summed E-state index contributed by atoms with van der Waals surface area (Å²) < 4.78 is 5.16. The number of carbonyl (C=O) groups excluding carboxylic acids is 4. The van der Waals surface area contributed by atoms with Crippen molar-refractivity contribution >= 4 is 51.9 Å². The van der Waals surface area contributed by atoms with Crippen LogP contribution < -0.4 is 10.6 Å². The number of anilines is 1. The molecule has 0 saturated heterocycles. The molecule has 0 saturated carbocycles. The molecule has 158 valence electrons. The number of alkyl carbamates (subject to hydrolysis) is 1. The van der Waals surface area contributed by atoms with Crippen LogP contribution in [0.2, 0.25) is 0 Å². The molecule has 30 heavy (non-hydrogen) atoms. The minimum Gasteiger partial charge on any atom is -0.444 e. The Hall–Kier alpha value is -3.13. The van der Waals surface area contributed by atoms with Crippen LogP contribution >= 0.6 is 11.6 Å². The lowest BCUT2D eigenvalue weighted by Crippen LogP contribution is -2.45. The lowest BCUT2D eigenvalue weighted by atomic mass is 9.93. The summed E-state index contributed by atoms with van der Waals surface area (Å²) in [5, 5.41) is 6.28. The van der Waals surface area contributed by atoms with Gasteiger partial charge < -0.3 is 15.4 Å². The molecule has 2 N–H and O–H groups in total. The zero-order valence-electron chi connectivity index (χ0n) is 16.9. The predicted octanol–water partition coefficient (Wildman–Crippen LogP) is 3.14. The summed E-state index contributed by atoms with van der Waals surface area (Å²) in [6.45, 7) is 5.28. The summed E-state index contributed by atoms with van der Waals surface area (Å²) in [7, 11) is 0. The van der Waals surface area contributed by atoms with E-state index in [1.54, 1.807) is 51.1 Å². The molecule has 1 heterocycles. The lowest BCUT2D eigenvalue weighted by Gasteiger charge is -2.28. The molecule has 2 aromatic rings. The van der Waals surface area contributed by atoms with E-state index >= 15 is 0 Å². The van der Waals surface area contributed by atoms with Gasteiger partial charge in [0.2, 0.25) is 5.91 Å². The Balaban J connectivity index is 1.84. The van der Waals surface area contributed by atoms with Crippen molar-refractivity contribution in [2.75, 3.05) is 24.3 Å². The number of rotatable bonds is 5. The third-order valence-electron chi connectivity index (χ3n) is 4.39. The van der Waals surface area contributed by atoms with Crippen molar-refractivity contribution in [3.63, 3.8) is 0 Å². The Morgan fingerprint density at radius 3 is 2.37 bits per heavy atom. The number of nitrogens with one attached hydrogen (secondary N) is 2. The number of hydrogen-bond donors (Lipinski definition) is 2. The fourth-order valence-electron chi connectivity index (χ4n) is 3.23. The van der Waals surface area contributed by atoms with Crippen LogP contribution in [0.3, 0.4) is 0 Å². The van der Waals surface area contributed by atoms with Gasteiger partial charge in [0.15, 0.2) is 0 Å². The second kappa shape index (κ2) is 8.31. The summed E-state index contributed by atoms with van der Waals surface area (Å²) in [6.07, 6.45) is -0.624. The highest BCUT2D eigenvalue weighted by Crippen LogP contribution is 2.34. The predicted molar refractivity (Wildman–Crippen MR) is 113 cm³/mol. The highest BCUT2D eigenvalue weighted by Gasteiger charge is 2.33. The van der Waals surface area contributed by atoms with Gasteiger partial charge in [0.1, 0.15) is 11.5 Å². The third-order valence-corrected chi connectivity index (χ3v) is 4.63. The van der Waals surface area contributed by atoms with Gasteiger partial charge in [-0.05, 0) is 39.0 Å². The fourth-order valence-corrected chi connectivity index (χ4v) is 3.29. The topological polar surface area (TPSA) is 105 Å². The minimum atomic E-state index is -0.647. The van der Waals surface area contributed by atoms with Crippen molar-refractivity contribution in [2.45, 2.75) is 26.4 Å². The number of halogens is 1. The second-order valence-electron chi connectivity index (χ2n) is 7.76. The molecule has 0 aromatic heterocycles. The van der Waals surface area contributed by atoms with E-state index in [-0.39, 0.29) is 24.9 Å². The van der Waals surface area contributed by atoms with Gasteiger partial charge in [0.05, 0.1) is 0 Å². The normalized spacial score (nSPS) is 13.4. The molecule has 2 aromatic carbocycles. The number of carbonyl (C=O) groups is 4. The van der Waals surface area contributed by atoms with E-state index in [1.807, 2.05) is 0 Å². The van der Waals surface area contributed by atoms with Crippen LogP contribution in [0.4, 0.5) is 10.5 Å². The number of hydrogen-bond acceptors (Lipinski definition) is 5. The van der Waals surface area contributed by atoms with E-state index in [1.165, 1.54) is 0 Å². The van der Waals surface area contributed by atoms with E-state index < -0.39 is 23.5 Å². The number of imide groups is 1. The number of nitrogens with zero attached hydrogens (tertiary/aromatic N) is 1. The third kappa shape index (κ3) is 4.38. The Morgan fingerprint density at radius 2 is 1.73 bits per heavy atom. The molecule has 0 spiro atoms. The summed E-state index contributed by atoms with van der Waals surface area (Å²) in [5.74, 6) is -1.53. The van der Waals surface area contributed by atoms with E-state index in [2.05, 4.69) is 10.6 Å². The highest BCUT2D eigenvalue weighted by atomic mass is 35.5. The van der Waals surface area contributed by atoms with Gasteiger partial charge in [-0.3, -0.25) is 19.3 Å². The molecule has 0 bridgehead atoms. The first kappa shape index (κ1) is 21.6. The van der Waals surface area contributed by atoms with Gasteiger partial charge in [-0.25, -0.2) is 4.79 Å². The molecule has 8 nitrogen and oxygen atoms in total. The standard InChI is InChI=1S/C21H22ClN3O5/c1-21(2,3)30-20(29)23-9-10-25-18(27)13-6-4-5-12-15(24-16(26)11-22)8-7-14(17(12)13)19(25)28/h4-8H,9-11H2,1-3H3,(H,23,29)(H,24,26). The van der Waals surface area contributed by atoms with Gasteiger partial charge >= 0.3 is 6.09 Å². The summed E-state index contributed by atoms with van der Waals surface area (Å²) in [5.41, 5.74) is 0.524. The van der Waals surface area contributed by atoms with Crippen LogP contribution in [0.5, 0.6) is 0 Å². The van der Waals surface area contributed by atoms with E-state index in [0.29, 0.717) is 27.6 Å². The maximum absolute atomic E-state index is 13.0. The minimum absolute atomic E-state index is 0.00251. The molecule has 0 fully saturated rings. The van der Waals surface area contributed by atoms with Crippen LogP contribution in [0.15, 0.2) is 30.3 Å². The maximum Gasteiger partial charge on any atom is 0.407 e. The molecule has 4 amide bonds. The Morgan fingerprint density at radius 1 is 1.07 bits per heavy atom. The van der Waals surface area contributed by atoms with E-state index in [0.717, 1.165) is 4.90 Å². The smallest absolute Gasteiger partial charge is 0.407 e. The number of benzene rings is 2. The molecular weight excluding hydrogens is 410 g/mol. The Kier molecular flexibility index (Phi) is 5.98. The van der Waals surface area contributed by atoms with Crippen molar-refractivity contribution in [1.29, 1.82) is 0 Å². The molecular formula is C21H22ClN3O5. The van der Waals surface area contributed by atoms with Crippen LogP contribution in [-0.2, 0) is 9.53 Å². The average Bonchev–Trinajstić information content (AvgIpc) is 2.67. The number of amides is 4. The van der Waals surface area contributed by atoms with Crippen molar-refractivity contribution in [3.8, 4) is 0 Å². The first-order valence-electron chi connectivity index (χ1n) is 9.37. The van der Waals surface area contributed by atoms with Gasteiger partial charge in [0, 0.05) is 40.7 Å². The van der Waals surface area contributed by atoms with E-state index in [4.69, 9.17) is 16.3 Å². The zero-order chi connectivity index (χ0) is 22.1. The quantitative estimate of drug-likeness (QED) is 0.559. The first-order valence-corrected chi connectivity index (χ1v) is 9.90. The zero-order valence-corrected chi connectivity index (χ0v) is 17.6. The summed E-state index contributed by atoms with van der Waals surface area (Å²) >= 11 is 5.56. The summed E-state index contributed by atoms with van der Waals surface area (Å²) in [4.78, 5) is 50.5. The van der Waals surface area contributed by atoms with Gasteiger partial charge in [-0.1, -0.05) is 12.1 Å². The second-order valence-corrected chi connectivity index (χ2v) is 8.03. The van der Waals surface area contributed by atoms with Crippen LogP contribution in [-0.4, -0.2) is 53.3 Å². The molecule has 9 heteroatoms. The highest BCUT2D eigenvalue weighted by molar-refractivity contribution is 6.30. The Labute approximate surface area is 178 Å². The van der Waals surface area contributed by atoms with Crippen molar-refractivity contribution in [1.82, 2.24) is 10.2 Å². The molecule has 0 aliphatic carbocycles. The molecule has 1 aliphatic rings. The molecule has 0 atom stereocenters. The average molecular weight is 432 g/mol. The van der Waals surface area contributed by atoms with Crippen LogP contribution in [0.1, 0.15) is 41.5 Å².